The first-order valence-corrected chi connectivity index (χ1v) is 7.88. The van der Waals surface area contributed by atoms with Gasteiger partial charge in [0.1, 0.15) is 5.76 Å². The van der Waals surface area contributed by atoms with Gasteiger partial charge < -0.3 is 9.73 Å². The maximum absolute atomic E-state index is 5.47. The van der Waals surface area contributed by atoms with Crippen LogP contribution in [0.5, 0.6) is 0 Å². The van der Waals surface area contributed by atoms with Gasteiger partial charge in [-0.1, -0.05) is 13.3 Å². The molecule has 2 aliphatic rings. The number of rotatable bonds is 5. The topological polar surface area (TPSA) is 28.4 Å². The number of fused-ring (bicyclic) bond motifs is 2. The van der Waals surface area contributed by atoms with Crippen LogP contribution in [0.25, 0.3) is 0 Å². The smallest absolute Gasteiger partial charge is 0.105 e. The molecule has 3 rings (SSSR count). The summed E-state index contributed by atoms with van der Waals surface area (Å²) in [5, 5.41) is 3.66. The number of hydrogen-bond acceptors (Lipinski definition) is 3. The van der Waals surface area contributed by atoms with E-state index < -0.39 is 0 Å². The van der Waals surface area contributed by atoms with Crippen molar-refractivity contribution >= 4 is 0 Å². The highest BCUT2D eigenvalue weighted by atomic mass is 16.3. The van der Waals surface area contributed by atoms with Crippen molar-refractivity contribution in [3.05, 3.63) is 24.2 Å². The highest BCUT2D eigenvalue weighted by Crippen LogP contribution is 2.34. The maximum Gasteiger partial charge on any atom is 0.105 e. The fourth-order valence-corrected chi connectivity index (χ4v) is 3.99. The molecule has 3 heteroatoms. The molecule has 2 aliphatic heterocycles. The van der Waals surface area contributed by atoms with Gasteiger partial charge in [0.05, 0.1) is 6.26 Å². The van der Waals surface area contributed by atoms with Gasteiger partial charge in [-0.3, -0.25) is 4.90 Å². The SMILES string of the molecule is CCNC1CC2CCCC(C1)N2CCc1ccco1. The third kappa shape index (κ3) is 3.03. The number of furan rings is 1. The van der Waals surface area contributed by atoms with Gasteiger partial charge in [0.25, 0.3) is 0 Å². The van der Waals surface area contributed by atoms with E-state index in [4.69, 9.17) is 4.42 Å². The molecule has 106 valence electrons. The summed E-state index contributed by atoms with van der Waals surface area (Å²) in [6.07, 6.45) is 9.71. The Balaban J connectivity index is 1.59. The summed E-state index contributed by atoms with van der Waals surface area (Å²) in [6, 6.07) is 6.44. The zero-order valence-corrected chi connectivity index (χ0v) is 12.0. The van der Waals surface area contributed by atoms with Crippen molar-refractivity contribution in [2.45, 2.75) is 63.6 Å². The molecule has 2 unspecified atom stereocenters. The molecular formula is C16H26N2O. The second kappa shape index (κ2) is 6.10. The molecular weight excluding hydrogens is 236 g/mol. The van der Waals surface area contributed by atoms with E-state index in [1.54, 1.807) is 6.26 Å². The number of piperidine rings is 2. The van der Waals surface area contributed by atoms with Crippen LogP contribution in [-0.4, -0.2) is 36.1 Å². The molecule has 0 aromatic carbocycles. The number of nitrogens with zero attached hydrogens (tertiary/aromatic N) is 1. The third-order valence-electron chi connectivity index (χ3n) is 4.82. The molecule has 0 saturated carbocycles. The van der Waals surface area contributed by atoms with Crippen LogP contribution in [0.2, 0.25) is 0 Å². The minimum atomic E-state index is 0.750. The zero-order chi connectivity index (χ0) is 13.1. The summed E-state index contributed by atoms with van der Waals surface area (Å²) >= 11 is 0. The van der Waals surface area contributed by atoms with Gasteiger partial charge in [-0.15, -0.1) is 0 Å². The van der Waals surface area contributed by atoms with Crippen molar-refractivity contribution in [2.24, 2.45) is 0 Å². The number of hydrogen-bond donors (Lipinski definition) is 1. The van der Waals surface area contributed by atoms with Crippen LogP contribution in [0.1, 0.15) is 44.8 Å². The Morgan fingerprint density at radius 1 is 1.32 bits per heavy atom. The lowest BCUT2D eigenvalue weighted by Gasteiger charge is -2.49. The normalized spacial score (nSPS) is 31.5. The number of nitrogens with one attached hydrogen (secondary N) is 1. The zero-order valence-electron chi connectivity index (χ0n) is 12.0. The predicted octanol–water partition coefficient (Wildman–Crippen LogP) is 2.82. The van der Waals surface area contributed by atoms with Crippen LogP contribution in [0.4, 0.5) is 0 Å². The lowest BCUT2D eigenvalue weighted by molar-refractivity contribution is 0.0250. The molecule has 0 aliphatic carbocycles. The Hall–Kier alpha value is -0.800. The van der Waals surface area contributed by atoms with Crippen LogP contribution in [0, 0.1) is 0 Å². The molecule has 2 saturated heterocycles. The van der Waals surface area contributed by atoms with Gasteiger partial charge in [0, 0.05) is 31.1 Å². The quantitative estimate of drug-likeness (QED) is 0.884. The second-order valence-electron chi connectivity index (χ2n) is 6.03. The molecule has 0 amide bonds. The first-order valence-electron chi connectivity index (χ1n) is 7.88. The molecule has 3 nitrogen and oxygen atoms in total. The Kier molecular flexibility index (Phi) is 4.24. The summed E-state index contributed by atoms with van der Waals surface area (Å²) in [5.41, 5.74) is 0. The van der Waals surface area contributed by atoms with Crippen LogP contribution in [0.15, 0.2) is 22.8 Å². The van der Waals surface area contributed by atoms with Gasteiger partial charge in [0.2, 0.25) is 0 Å². The van der Waals surface area contributed by atoms with Crippen LogP contribution >= 0.6 is 0 Å². The largest absolute Gasteiger partial charge is 0.469 e. The molecule has 1 N–H and O–H groups in total. The van der Waals surface area contributed by atoms with E-state index in [1.807, 2.05) is 6.07 Å². The Labute approximate surface area is 116 Å². The van der Waals surface area contributed by atoms with Gasteiger partial charge in [-0.2, -0.15) is 0 Å². The fourth-order valence-electron chi connectivity index (χ4n) is 3.99. The first-order chi connectivity index (χ1) is 9.36. The summed E-state index contributed by atoms with van der Waals surface area (Å²) in [7, 11) is 0. The second-order valence-corrected chi connectivity index (χ2v) is 6.03. The van der Waals surface area contributed by atoms with E-state index in [1.165, 1.54) is 38.6 Å². The van der Waals surface area contributed by atoms with Crippen LogP contribution in [0.3, 0.4) is 0 Å². The van der Waals surface area contributed by atoms with E-state index in [9.17, 15) is 0 Å². The summed E-state index contributed by atoms with van der Waals surface area (Å²) in [5.74, 6) is 1.13. The van der Waals surface area contributed by atoms with Crippen LogP contribution in [-0.2, 0) is 6.42 Å². The molecule has 1 aromatic rings. The lowest BCUT2D eigenvalue weighted by atomic mass is 9.81. The van der Waals surface area contributed by atoms with Gasteiger partial charge >= 0.3 is 0 Å². The van der Waals surface area contributed by atoms with Crippen molar-refractivity contribution in [1.29, 1.82) is 0 Å². The van der Waals surface area contributed by atoms with Crippen molar-refractivity contribution in [3.63, 3.8) is 0 Å². The first kappa shape index (κ1) is 13.2. The fraction of sp³-hybridized carbons (Fsp3) is 0.750. The molecule has 19 heavy (non-hydrogen) atoms. The molecule has 2 fully saturated rings. The van der Waals surface area contributed by atoms with E-state index in [0.29, 0.717) is 0 Å². The lowest BCUT2D eigenvalue weighted by Crippen LogP contribution is -2.56. The van der Waals surface area contributed by atoms with Crippen molar-refractivity contribution in [1.82, 2.24) is 10.2 Å². The minimum Gasteiger partial charge on any atom is -0.469 e. The highest BCUT2D eigenvalue weighted by molar-refractivity contribution is 5.01. The molecule has 2 bridgehead atoms. The van der Waals surface area contributed by atoms with Crippen molar-refractivity contribution < 1.29 is 4.42 Å². The third-order valence-corrected chi connectivity index (χ3v) is 4.82. The van der Waals surface area contributed by atoms with Gasteiger partial charge in [-0.25, -0.2) is 0 Å². The maximum atomic E-state index is 5.47. The molecule has 3 heterocycles. The predicted molar refractivity (Wildman–Crippen MR) is 77.2 cm³/mol. The van der Waals surface area contributed by atoms with Gasteiger partial charge in [-0.05, 0) is 44.4 Å². The molecule has 0 spiro atoms. The summed E-state index contributed by atoms with van der Waals surface area (Å²) in [6.45, 7) is 4.50. The van der Waals surface area contributed by atoms with Gasteiger partial charge in [0.15, 0.2) is 0 Å². The standard InChI is InChI=1S/C16H26N2O/c1-2-17-13-11-14-5-3-6-15(12-13)18(14)9-8-16-7-4-10-19-16/h4,7,10,13-15,17H,2-3,5-6,8-9,11-12H2,1H3. The van der Waals surface area contributed by atoms with Crippen LogP contribution < -0.4 is 5.32 Å². The summed E-state index contributed by atoms with van der Waals surface area (Å²) < 4.78 is 5.47. The average molecular weight is 262 g/mol. The minimum absolute atomic E-state index is 0.750. The molecule has 2 atom stereocenters. The Morgan fingerprint density at radius 2 is 2.11 bits per heavy atom. The monoisotopic (exact) mass is 262 g/mol. The van der Waals surface area contributed by atoms with E-state index in [-0.39, 0.29) is 0 Å². The van der Waals surface area contributed by atoms with E-state index >= 15 is 0 Å². The molecule has 0 radical (unpaired) electrons. The average Bonchev–Trinajstić information content (AvgIpc) is 2.89. The van der Waals surface area contributed by atoms with E-state index in [2.05, 4.69) is 23.2 Å². The molecule has 1 aromatic heterocycles. The Bertz CT molecular complexity index is 362. The Morgan fingerprint density at radius 3 is 2.74 bits per heavy atom. The van der Waals surface area contributed by atoms with E-state index in [0.717, 1.165) is 36.9 Å². The van der Waals surface area contributed by atoms with Crippen molar-refractivity contribution in [3.8, 4) is 0 Å². The van der Waals surface area contributed by atoms with Crippen molar-refractivity contribution in [2.75, 3.05) is 13.1 Å². The summed E-state index contributed by atoms with van der Waals surface area (Å²) in [4.78, 5) is 2.76. The highest BCUT2D eigenvalue weighted by Gasteiger charge is 2.37.